The molecule has 0 bridgehead atoms. The van der Waals surface area contributed by atoms with Gasteiger partial charge in [0.05, 0.1) is 22.9 Å². The van der Waals surface area contributed by atoms with Crippen molar-refractivity contribution in [3.8, 4) is 6.07 Å². The van der Waals surface area contributed by atoms with Crippen LogP contribution in [0.2, 0.25) is 0 Å². The van der Waals surface area contributed by atoms with E-state index in [1.807, 2.05) is 36.1 Å². The Morgan fingerprint density at radius 1 is 0.953 bits per heavy atom. The molecule has 4 rings (SSSR count). The number of benzene rings is 2. The normalized spacial score (nSPS) is 16.2. The fourth-order valence-corrected chi connectivity index (χ4v) is 5.47. The maximum atomic E-state index is 13.4. The van der Waals surface area contributed by atoms with E-state index in [-0.39, 0.29) is 17.3 Å². The van der Waals surface area contributed by atoms with Crippen molar-refractivity contribution in [2.75, 3.05) is 37.6 Å². The molecule has 2 aromatic carbocycles. The molecule has 4 amide bonds. The number of unbranched alkanes of at least 4 members (excludes halogenated alkanes) is 3. The molecular weight excluding hydrogens is 559 g/mol. The van der Waals surface area contributed by atoms with Gasteiger partial charge < -0.3 is 10.2 Å². The number of halogens is 3. The monoisotopic (exact) mass is 595 g/mol. The highest BCUT2D eigenvalue weighted by molar-refractivity contribution is 6.32. The first-order chi connectivity index (χ1) is 20.5. The highest BCUT2D eigenvalue weighted by Crippen LogP contribution is 2.37. The minimum absolute atomic E-state index is 0.0500. The number of nitrogens with one attached hydrogen (secondary N) is 1. The largest absolute Gasteiger partial charge is 0.417 e. The third-order valence-corrected chi connectivity index (χ3v) is 8.13. The van der Waals surface area contributed by atoms with Crippen molar-refractivity contribution in [2.45, 2.75) is 58.7 Å². The van der Waals surface area contributed by atoms with Crippen LogP contribution in [0.5, 0.6) is 0 Å². The summed E-state index contributed by atoms with van der Waals surface area (Å²) in [5.41, 5.74) is 0.871. The molecule has 8 nitrogen and oxygen atoms in total. The van der Waals surface area contributed by atoms with Crippen molar-refractivity contribution >= 4 is 23.5 Å². The first-order valence-electron chi connectivity index (χ1n) is 14.5. The molecule has 0 radical (unpaired) electrons. The molecule has 1 saturated heterocycles. The number of hydrogen-bond donors (Lipinski definition) is 1. The number of carbonyl (C=O) groups excluding carboxylic acids is 3. The number of amides is 4. The van der Waals surface area contributed by atoms with Gasteiger partial charge in [-0.3, -0.25) is 14.5 Å². The Bertz CT molecular complexity index is 1440. The van der Waals surface area contributed by atoms with Crippen molar-refractivity contribution in [2.24, 2.45) is 0 Å². The molecule has 0 aliphatic carbocycles. The standard InChI is InChI=1S/C32H36F3N5O3/c1-22-9-6-7-10-25(22)21-37-31(43)39-17-15-38(16-18-39)14-8-4-3-5-11-27-23(2)29(41)40(30(27)42)26-13-12-24(20-36)28(19-26)32(33,34)35/h6-7,9-10,12-13,19H,3-5,8,11,14-18,21H2,1-2H3,(H,37,43). The molecule has 2 aromatic rings. The van der Waals surface area contributed by atoms with Crippen LogP contribution in [-0.2, 0) is 22.3 Å². The van der Waals surface area contributed by atoms with Crippen LogP contribution in [-0.4, -0.2) is 60.4 Å². The lowest BCUT2D eigenvalue weighted by Crippen LogP contribution is -2.51. The van der Waals surface area contributed by atoms with E-state index in [2.05, 4.69) is 10.2 Å². The Morgan fingerprint density at radius 3 is 2.33 bits per heavy atom. The third kappa shape index (κ3) is 7.62. The van der Waals surface area contributed by atoms with E-state index in [9.17, 15) is 27.6 Å². The average molecular weight is 596 g/mol. The molecule has 228 valence electrons. The van der Waals surface area contributed by atoms with Gasteiger partial charge in [-0.05, 0) is 69.0 Å². The van der Waals surface area contributed by atoms with Crippen molar-refractivity contribution in [3.63, 3.8) is 0 Å². The van der Waals surface area contributed by atoms with E-state index >= 15 is 0 Å². The summed E-state index contributed by atoms with van der Waals surface area (Å²) in [7, 11) is 0. The lowest BCUT2D eigenvalue weighted by Gasteiger charge is -2.34. The molecule has 0 aromatic heterocycles. The van der Waals surface area contributed by atoms with Gasteiger partial charge in [0, 0.05) is 43.9 Å². The molecule has 2 heterocycles. The molecule has 2 aliphatic rings. The summed E-state index contributed by atoms with van der Waals surface area (Å²) in [5, 5.41) is 12.0. The zero-order chi connectivity index (χ0) is 31.1. The van der Waals surface area contributed by atoms with Crippen molar-refractivity contribution in [1.82, 2.24) is 15.1 Å². The minimum atomic E-state index is -4.79. The fraction of sp³-hybridized carbons (Fsp3) is 0.438. The minimum Gasteiger partial charge on any atom is -0.334 e. The zero-order valence-electron chi connectivity index (χ0n) is 24.5. The number of imide groups is 1. The van der Waals surface area contributed by atoms with E-state index in [4.69, 9.17) is 5.26 Å². The maximum absolute atomic E-state index is 13.4. The van der Waals surface area contributed by atoms with E-state index < -0.39 is 29.1 Å². The molecule has 43 heavy (non-hydrogen) atoms. The SMILES string of the molecule is CC1=C(CCCCCCN2CCN(C(=O)NCc3ccccc3C)CC2)C(=O)N(c2ccc(C#N)c(C(F)(F)F)c2)C1=O. The Balaban J connectivity index is 1.17. The quantitative estimate of drug-likeness (QED) is 0.287. The number of anilines is 1. The Hall–Kier alpha value is -4.17. The molecule has 0 spiro atoms. The highest BCUT2D eigenvalue weighted by atomic mass is 19.4. The summed E-state index contributed by atoms with van der Waals surface area (Å²) in [5.74, 6) is -1.25. The van der Waals surface area contributed by atoms with Crippen LogP contribution in [0.15, 0.2) is 53.6 Å². The smallest absolute Gasteiger partial charge is 0.334 e. The molecule has 0 unspecified atom stereocenters. The number of urea groups is 1. The number of rotatable bonds is 10. The molecule has 1 fully saturated rings. The Kier molecular flexibility index (Phi) is 10.2. The van der Waals surface area contributed by atoms with Crippen molar-refractivity contribution in [3.05, 3.63) is 75.9 Å². The van der Waals surface area contributed by atoms with Gasteiger partial charge in [0.15, 0.2) is 0 Å². The molecule has 11 heteroatoms. The van der Waals surface area contributed by atoms with Crippen LogP contribution >= 0.6 is 0 Å². The second kappa shape index (κ2) is 13.9. The lowest BCUT2D eigenvalue weighted by molar-refractivity contribution is -0.138. The number of carbonyl (C=O) groups is 3. The van der Waals surface area contributed by atoms with Crippen molar-refractivity contribution in [1.29, 1.82) is 5.26 Å². The van der Waals surface area contributed by atoms with Gasteiger partial charge in [0.25, 0.3) is 11.8 Å². The van der Waals surface area contributed by atoms with E-state index in [0.717, 1.165) is 61.0 Å². The van der Waals surface area contributed by atoms with E-state index in [1.54, 1.807) is 0 Å². The molecule has 1 N–H and O–H groups in total. The summed E-state index contributed by atoms with van der Waals surface area (Å²) in [6.45, 7) is 7.92. The lowest BCUT2D eigenvalue weighted by atomic mass is 10.0. The number of alkyl halides is 3. The number of aryl methyl sites for hydroxylation is 1. The zero-order valence-corrected chi connectivity index (χ0v) is 24.5. The van der Waals surface area contributed by atoms with Gasteiger partial charge in [-0.25, -0.2) is 9.69 Å². The molecule has 0 saturated carbocycles. The number of piperazine rings is 1. The third-order valence-electron chi connectivity index (χ3n) is 8.13. The Labute approximate surface area is 249 Å². The number of hydrogen-bond acceptors (Lipinski definition) is 5. The Morgan fingerprint density at radius 2 is 1.65 bits per heavy atom. The van der Waals surface area contributed by atoms with E-state index in [0.29, 0.717) is 44.1 Å². The van der Waals surface area contributed by atoms with Gasteiger partial charge in [0.2, 0.25) is 0 Å². The summed E-state index contributed by atoms with van der Waals surface area (Å²) < 4.78 is 40.2. The topological polar surface area (TPSA) is 96.8 Å². The molecule has 0 atom stereocenters. The van der Waals surface area contributed by atoms with Crippen molar-refractivity contribution < 1.29 is 27.6 Å². The van der Waals surface area contributed by atoms with Gasteiger partial charge in [-0.2, -0.15) is 18.4 Å². The average Bonchev–Trinajstić information content (AvgIpc) is 3.20. The van der Waals surface area contributed by atoms with Crippen LogP contribution in [0.4, 0.5) is 23.7 Å². The summed E-state index contributed by atoms with van der Waals surface area (Å²) >= 11 is 0. The first-order valence-corrected chi connectivity index (χ1v) is 14.5. The predicted octanol–water partition coefficient (Wildman–Crippen LogP) is 5.55. The van der Waals surface area contributed by atoms with Gasteiger partial charge >= 0.3 is 12.2 Å². The highest BCUT2D eigenvalue weighted by Gasteiger charge is 2.39. The number of nitriles is 1. The fourth-order valence-electron chi connectivity index (χ4n) is 5.47. The van der Waals surface area contributed by atoms with Gasteiger partial charge in [0.1, 0.15) is 0 Å². The van der Waals surface area contributed by atoms with Crippen LogP contribution in [0.3, 0.4) is 0 Å². The number of nitrogens with zero attached hydrogens (tertiary/aromatic N) is 4. The van der Waals surface area contributed by atoms with Crippen LogP contribution < -0.4 is 10.2 Å². The van der Waals surface area contributed by atoms with Gasteiger partial charge in [-0.15, -0.1) is 0 Å². The van der Waals surface area contributed by atoms with Crippen LogP contribution in [0.25, 0.3) is 0 Å². The molecular formula is C32H36F3N5O3. The summed E-state index contributed by atoms with van der Waals surface area (Å²) in [6.07, 6.45) is -1.01. The van der Waals surface area contributed by atoms with Crippen LogP contribution in [0.1, 0.15) is 61.3 Å². The predicted molar refractivity (Wildman–Crippen MR) is 156 cm³/mol. The maximum Gasteiger partial charge on any atom is 0.417 e. The van der Waals surface area contributed by atoms with Gasteiger partial charge in [-0.1, -0.05) is 37.1 Å². The van der Waals surface area contributed by atoms with E-state index in [1.165, 1.54) is 19.1 Å². The second-order valence-corrected chi connectivity index (χ2v) is 11.0. The second-order valence-electron chi connectivity index (χ2n) is 11.0. The molecule has 2 aliphatic heterocycles. The first kappa shape index (κ1) is 31.8. The van der Waals surface area contributed by atoms with Crippen LogP contribution in [0, 0.1) is 18.3 Å². The summed E-state index contributed by atoms with van der Waals surface area (Å²) in [4.78, 5) is 43.3. The summed E-state index contributed by atoms with van der Waals surface area (Å²) in [6, 6.07) is 12.3.